The maximum Gasteiger partial charge on any atom is 0.336 e. The maximum absolute atomic E-state index is 11.7. The number of aliphatic carboxylic acids is 1. The van der Waals surface area contributed by atoms with Gasteiger partial charge in [0.25, 0.3) is 5.91 Å². The minimum absolute atomic E-state index is 0.0197. The molecule has 244 valence electrons. The van der Waals surface area contributed by atoms with Gasteiger partial charge in [0, 0.05) is 54.4 Å². The van der Waals surface area contributed by atoms with Gasteiger partial charge >= 0.3 is 17.9 Å². The number of carbonyl (C=O) groups excluding carboxylic acids is 3. The van der Waals surface area contributed by atoms with Gasteiger partial charge in [0.05, 0.1) is 29.6 Å². The van der Waals surface area contributed by atoms with Crippen LogP contribution in [0.5, 0.6) is 0 Å². The summed E-state index contributed by atoms with van der Waals surface area (Å²) in [5, 5.41) is 31.4. The minimum Gasteiger partial charge on any atom is -0.481 e. The van der Waals surface area contributed by atoms with Gasteiger partial charge in [-0.1, -0.05) is 18.2 Å². The number of hydrogen-bond acceptors (Lipinski definition) is 9. The molecule has 1 aromatic carbocycles. The van der Waals surface area contributed by atoms with Gasteiger partial charge in [-0.25, -0.2) is 4.79 Å². The van der Waals surface area contributed by atoms with Crippen molar-refractivity contribution in [1.29, 1.82) is 0 Å². The summed E-state index contributed by atoms with van der Waals surface area (Å²) in [6, 6.07) is 14.1. The minimum atomic E-state index is -1.30. The number of nitrogens with one attached hydrogen (secondary N) is 1. The van der Waals surface area contributed by atoms with Gasteiger partial charge in [-0.2, -0.15) is 0 Å². The third kappa shape index (κ3) is 10.6. The van der Waals surface area contributed by atoms with Crippen molar-refractivity contribution in [2.45, 2.75) is 63.9 Å². The Morgan fingerprint density at radius 3 is 2.04 bits per heavy atom. The topological polar surface area (TPSA) is 193 Å². The van der Waals surface area contributed by atoms with Crippen LogP contribution in [0.2, 0.25) is 0 Å². The summed E-state index contributed by atoms with van der Waals surface area (Å²) in [6.07, 6.45) is 9.48. The number of benzene rings is 1. The van der Waals surface area contributed by atoms with Gasteiger partial charge in [-0.05, 0) is 75.8 Å². The Morgan fingerprint density at radius 1 is 0.870 bits per heavy atom. The van der Waals surface area contributed by atoms with Gasteiger partial charge in [0.2, 0.25) is 0 Å². The summed E-state index contributed by atoms with van der Waals surface area (Å²) in [7, 11) is 0. The number of aromatic carboxylic acids is 1. The lowest BCUT2D eigenvalue weighted by atomic mass is 9.74. The van der Waals surface area contributed by atoms with E-state index in [4.69, 9.17) is 14.9 Å². The van der Waals surface area contributed by atoms with E-state index in [2.05, 4.69) is 15.3 Å². The zero-order valence-corrected chi connectivity index (χ0v) is 25.6. The number of carbonyl (C=O) groups is 5. The third-order valence-electron chi connectivity index (χ3n) is 7.85. The van der Waals surface area contributed by atoms with E-state index in [1.807, 2.05) is 30.3 Å². The smallest absolute Gasteiger partial charge is 0.336 e. The van der Waals surface area contributed by atoms with E-state index in [9.17, 15) is 29.1 Å². The Morgan fingerprint density at radius 2 is 1.48 bits per heavy atom. The number of carboxylic acid groups (broad SMARTS) is 2. The molecular weight excluding hydrogens is 594 g/mol. The van der Waals surface area contributed by atoms with Crippen LogP contribution in [-0.4, -0.2) is 61.5 Å². The molecule has 0 bridgehead atoms. The molecule has 1 amide bonds. The molecule has 0 unspecified atom stereocenters. The molecule has 12 nitrogen and oxygen atoms in total. The van der Waals surface area contributed by atoms with E-state index in [0.29, 0.717) is 50.7 Å². The molecule has 2 aliphatic rings. The second kappa shape index (κ2) is 17.5. The number of rotatable bonds is 7. The number of Topliss-reactive ketones (excluding diaryl/α,β-unsaturated/α-hetero) is 1. The Labute approximate surface area is 266 Å². The fourth-order valence-corrected chi connectivity index (χ4v) is 5.23. The summed E-state index contributed by atoms with van der Waals surface area (Å²) >= 11 is 0. The highest BCUT2D eigenvalue weighted by Gasteiger charge is 2.39. The predicted octanol–water partition coefficient (Wildman–Crippen LogP) is 4.88. The van der Waals surface area contributed by atoms with Gasteiger partial charge in [-0.15, -0.1) is 0 Å². The number of anilines is 1. The number of esters is 1. The number of carboxylic acids is 2. The molecule has 0 radical (unpaired) electrons. The third-order valence-corrected chi connectivity index (χ3v) is 7.85. The van der Waals surface area contributed by atoms with E-state index in [1.165, 1.54) is 18.5 Å². The van der Waals surface area contributed by atoms with Crippen LogP contribution in [0.4, 0.5) is 5.69 Å². The molecule has 4 N–H and O–H groups in total. The summed E-state index contributed by atoms with van der Waals surface area (Å²) in [4.78, 5) is 63.4. The summed E-state index contributed by atoms with van der Waals surface area (Å²) < 4.78 is 4.87. The molecule has 2 aliphatic carbocycles. The second-order valence-corrected chi connectivity index (χ2v) is 11.0. The number of aliphatic hydroxyl groups is 1. The largest absolute Gasteiger partial charge is 0.481 e. The first kappa shape index (κ1) is 35.5. The Kier molecular flexibility index (Phi) is 13.5. The number of aromatic nitrogens is 2. The summed E-state index contributed by atoms with van der Waals surface area (Å²) in [6.45, 7) is 2.23. The van der Waals surface area contributed by atoms with Crippen molar-refractivity contribution in [3.8, 4) is 0 Å². The molecule has 2 aromatic heterocycles. The fraction of sp³-hybridized carbons (Fsp3) is 0.382. The second-order valence-electron chi connectivity index (χ2n) is 11.0. The van der Waals surface area contributed by atoms with Crippen LogP contribution in [0.15, 0.2) is 73.3 Å². The zero-order valence-electron chi connectivity index (χ0n) is 25.6. The van der Waals surface area contributed by atoms with Crippen LogP contribution in [-0.2, 0) is 24.7 Å². The van der Waals surface area contributed by atoms with E-state index in [0.717, 1.165) is 5.69 Å². The molecule has 0 atom stereocenters. The zero-order chi connectivity index (χ0) is 33.5. The SMILES string of the molecule is CCOC(=O)C1CCC(=O)CC1.O=C(Nc1ccccc1)c1ccncc1.O=C(O)c1ccncc1C1(O)CCC(C(=O)O)CC1. The number of amides is 1. The van der Waals surface area contributed by atoms with Crippen LogP contribution in [0.1, 0.15) is 84.6 Å². The molecule has 5 rings (SSSR count). The van der Waals surface area contributed by atoms with Crippen molar-refractivity contribution in [2.24, 2.45) is 11.8 Å². The quantitative estimate of drug-likeness (QED) is 0.259. The van der Waals surface area contributed by atoms with Crippen molar-refractivity contribution < 1.29 is 44.0 Å². The fourth-order valence-electron chi connectivity index (χ4n) is 5.23. The van der Waals surface area contributed by atoms with Crippen molar-refractivity contribution in [3.63, 3.8) is 0 Å². The lowest BCUT2D eigenvalue weighted by Crippen LogP contribution is -2.35. The molecular formula is C34H39N3O9. The van der Waals surface area contributed by atoms with Gasteiger partial charge in [0.15, 0.2) is 0 Å². The molecule has 2 heterocycles. The normalized spacial score (nSPS) is 19.3. The lowest BCUT2D eigenvalue weighted by molar-refractivity contribution is -0.149. The number of nitrogens with zero attached hydrogens (tertiary/aromatic N) is 2. The van der Waals surface area contributed by atoms with Crippen molar-refractivity contribution in [2.75, 3.05) is 11.9 Å². The average molecular weight is 634 g/mol. The van der Waals surface area contributed by atoms with Crippen LogP contribution in [0, 0.1) is 11.8 Å². The molecule has 0 spiro atoms. The van der Waals surface area contributed by atoms with Crippen molar-refractivity contribution in [3.05, 3.63) is 90.0 Å². The lowest BCUT2D eigenvalue weighted by Gasteiger charge is -2.35. The Balaban J connectivity index is 0.000000193. The Bertz CT molecular complexity index is 1460. The first-order valence-corrected chi connectivity index (χ1v) is 15.1. The van der Waals surface area contributed by atoms with Crippen molar-refractivity contribution in [1.82, 2.24) is 9.97 Å². The molecule has 3 aromatic rings. The van der Waals surface area contributed by atoms with Gasteiger partial charge < -0.3 is 25.4 Å². The molecule has 2 fully saturated rings. The molecule has 2 saturated carbocycles. The van der Waals surface area contributed by atoms with Crippen LogP contribution in [0.3, 0.4) is 0 Å². The Hall–Kier alpha value is -4.97. The first-order valence-electron chi connectivity index (χ1n) is 15.1. The van der Waals surface area contributed by atoms with E-state index >= 15 is 0 Å². The number of ether oxygens (including phenoxy) is 1. The van der Waals surface area contributed by atoms with Gasteiger partial charge in [-0.3, -0.25) is 29.1 Å². The van der Waals surface area contributed by atoms with Crippen LogP contribution < -0.4 is 5.32 Å². The number of para-hydroxylation sites is 1. The van der Waals surface area contributed by atoms with Crippen LogP contribution >= 0.6 is 0 Å². The average Bonchev–Trinajstić information content (AvgIpc) is 3.07. The van der Waals surface area contributed by atoms with E-state index < -0.39 is 23.5 Å². The number of pyridine rings is 2. The molecule has 12 heteroatoms. The maximum atomic E-state index is 11.7. The monoisotopic (exact) mass is 633 g/mol. The highest BCUT2D eigenvalue weighted by atomic mass is 16.5. The first-order chi connectivity index (χ1) is 22.0. The molecule has 46 heavy (non-hydrogen) atoms. The summed E-state index contributed by atoms with van der Waals surface area (Å²) in [5.74, 6) is -2.46. The number of hydrogen-bond donors (Lipinski definition) is 4. The van der Waals surface area contributed by atoms with E-state index in [-0.39, 0.29) is 47.5 Å². The van der Waals surface area contributed by atoms with Crippen LogP contribution in [0.25, 0.3) is 0 Å². The highest BCUT2D eigenvalue weighted by molar-refractivity contribution is 6.04. The predicted molar refractivity (Wildman–Crippen MR) is 167 cm³/mol. The highest BCUT2D eigenvalue weighted by Crippen LogP contribution is 2.40. The molecule has 0 saturated heterocycles. The standard InChI is InChI=1S/C13H15NO5.C12H10N2O.C9H14O3/c15-11(16)8-1-4-13(19,5-2-8)10-7-14-6-3-9(10)12(17)18;15-12(10-6-8-13-9-7-10)14-11-4-2-1-3-5-11;1-2-12-9(11)7-3-5-8(10)6-4-7/h3,6-8,19H,1-2,4-5H2,(H,15,16)(H,17,18);1-9H,(H,14,15);7H,2-6H2,1H3. The van der Waals surface area contributed by atoms with Crippen molar-refractivity contribution >= 4 is 35.3 Å². The molecule has 0 aliphatic heterocycles. The summed E-state index contributed by atoms with van der Waals surface area (Å²) in [5.41, 5.74) is 0.388. The van der Waals surface area contributed by atoms with Gasteiger partial charge in [0.1, 0.15) is 5.78 Å². The number of ketones is 1. The van der Waals surface area contributed by atoms with E-state index in [1.54, 1.807) is 31.5 Å².